The summed E-state index contributed by atoms with van der Waals surface area (Å²) in [5.41, 5.74) is 7.27. The van der Waals surface area contributed by atoms with Crippen molar-refractivity contribution < 1.29 is 13.2 Å². The molecule has 1 aliphatic heterocycles. The van der Waals surface area contributed by atoms with Crippen molar-refractivity contribution in [3.8, 4) is 0 Å². The van der Waals surface area contributed by atoms with E-state index in [-0.39, 0.29) is 11.9 Å². The van der Waals surface area contributed by atoms with Gasteiger partial charge in [-0.3, -0.25) is 4.79 Å². The maximum atomic E-state index is 12.7. The minimum absolute atomic E-state index is 0.161. The molecule has 1 saturated heterocycles. The molecule has 1 amide bonds. The molecule has 3 rings (SSSR count). The van der Waals surface area contributed by atoms with Crippen molar-refractivity contribution in [1.82, 2.24) is 18.5 Å². The summed E-state index contributed by atoms with van der Waals surface area (Å²) in [6.07, 6.45) is 2.50. The number of anilines is 1. The molecule has 0 radical (unpaired) electrons. The van der Waals surface area contributed by atoms with Crippen LogP contribution in [-0.2, 0) is 10.2 Å². The van der Waals surface area contributed by atoms with Crippen LogP contribution >= 0.6 is 11.3 Å². The van der Waals surface area contributed by atoms with Crippen LogP contribution in [0, 0.1) is 0 Å². The Bertz CT molecular complexity index is 968. The topological polar surface area (TPSA) is 99.8 Å². The number of carbonyl (C=O) groups excluding carboxylic acids is 1. The van der Waals surface area contributed by atoms with Crippen molar-refractivity contribution in [3.05, 3.63) is 22.7 Å². The third kappa shape index (κ3) is 3.54. The number of rotatable bonds is 4. The molecule has 8 nitrogen and oxygen atoms in total. The van der Waals surface area contributed by atoms with Gasteiger partial charge in [0.2, 0.25) is 0 Å². The van der Waals surface area contributed by atoms with Crippen LogP contribution in [0.3, 0.4) is 0 Å². The van der Waals surface area contributed by atoms with Gasteiger partial charge in [-0.2, -0.15) is 17.0 Å². The van der Waals surface area contributed by atoms with Gasteiger partial charge in [-0.25, -0.2) is 4.98 Å². The van der Waals surface area contributed by atoms with Crippen LogP contribution in [0.4, 0.5) is 5.69 Å². The molecule has 0 spiro atoms. The Morgan fingerprint density at radius 1 is 1.26 bits per heavy atom. The summed E-state index contributed by atoms with van der Waals surface area (Å²) in [4.78, 5) is 19.6. The Hall–Kier alpha value is -1.75. The number of nitrogen functional groups attached to an aromatic ring is 1. The van der Waals surface area contributed by atoms with Crippen molar-refractivity contribution in [1.29, 1.82) is 0 Å². The third-order valence-electron chi connectivity index (χ3n) is 4.77. The highest BCUT2D eigenvalue weighted by Gasteiger charge is 2.35. The number of carbonyl (C=O) groups is 1. The van der Waals surface area contributed by atoms with E-state index in [1.54, 1.807) is 14.1 Å². The fourth-order valence-electron chi connectivity index (χ4n) is 3.25. The summed E-state index contributed by atoms with van der Waals surface area (Å²) in [5.74, 6) is -0.161. The van der Waals surface area contributed by atoms with E-state index in [9.17, 15) is 13.2 Å². The highest BCUT2D eigenvalue weighted by molar-refractivity contribution is 7.86. The predicted octanol–water partition coefficient (Wildman–Crippen LogP) is 1.91. The number of nitrogens with two attached hydrogens (primary N) is 1. The fraction of sp³-hybridized carbons (Fsp3) is 0.529. The summed E-state index contributed by atoms with van der Waals surface area (Å²) in [7, 11) is 2.90. The van der Waals surface area contributed by atoms with E-state index >= 15 is 0 Å². The number of amides is 1. The molecule has 2 N–H and O–H groups in total. The van der Waals surface area contributed by atoms with Gasteiger partial charge in [-0.1, -0.05) is 6.42 Å². The standard InChI is InChI=1S/C17H25N5O3S2/c1-20(2)17(23)15-14(18)11-8-9-12(19-16(11)26-15)13-7-5-6-10-22(13)27(24,25)21(3)4/h8-9,13H,5-7,10,18H2,1-4H3/t13-/m1/s1. The van der Waals surface area contributed by atoms with E-state index in [1.807, 2.05) is 12.1 Å². The van der Waals surface area contributed by atoms with Crippen LogP contribution in [0.15, 0.2) is 12.1 Å². The van der Waals surface area contributed by atoms with E-state index in [2.05, 4.69) is 4.98 Å². The summed E-state index contributed by atoms with van der Waals surface area (Å²) in [6.45, 7) is 0.474. The maximum absolute atomic E-state index is 12.7. The molecular weight excluding hydrogens is 386 g/mol. The van der Waals surface area contributed by atoms with Crippen molar-refractivity contribution in [2.45, 2.75) is 25.3 Å². The van der Waals surface area contributed by atoms with E-state index in [0.717, 1.165) is 24.6 Å². The quantitative estimate of drug-likeness (QED) is 0.828. The normalized spacial score (nSPS) is 18.9. The smallest absolute Gasteiger partial charge is 0.282 e. The molecule has 10 heteroatoms. The number of nitrogens with zero attached hydrogens (tertiary/aromatic N) is 4. The van der Waals surface area contributed by atoms with Crippen molar-refractivity contribution >= 4 is 43.4 Å². The zero-order valence-electron chi connectivity index (χ0n) is 16.0. The monoisotopic (exact) mass is 411 g/mol. The lowest BCUT2D eigenvalue weighted by Gasteiger charge is -2.35. The van der Waals surface area contributed by atoms with Crippen molar-refractivity contribution in [2.24, 2.45) is 0 Å². The predicted molar refractivity (Wildman–Crippen MR) is 108 cm³/mol. The van der Waals surface area contributed by atoms with Crippen molar-refractivity contribution in [3.63, 3.8) is 0 Å². The molecule has 0 aliphatic carbocycles. The second-order valence-corrected chi connectivity index (χ2v) is 10.1. The number of hydrogen-bond donors (Lipinski definition) is 1. The summed E-state index contributed by atoms with van der Waals surface area (Å²) >= 11 is 1.25. The first-order valence-corrected chi connectivity index (χ1v) is 11.0. The highest BCUT2D eigenvalue weighted by atomic mass is 32.2. The Labute approximate surface area is 163 Å². The second kappa shape index (κ2) is 7.34. The zero-order valence-corrected chi connectivity index (χ0v) is 17.6. The molecule has 0 aromatic carbocycles. The van der Waals surface area contributed by atoms with Gasteiger partial charge in [0.15, 0.2) is 0 Å². The molecular formula is C17H25N5O3S2. The van der Waals surface area contributed by atoms with Gasteiger partial charge in [0.1, 0.15) is 9.71 Å². The van der Waals surface area contributed by atoms with Gasteiger partial charge in [-0.05, 0) is 25.0 Å². The van der Waals surface area contributed by atoms with Gasteiger partial charge in [0, 0.05) is 40.1 Å². The SMILES string of the molecule is CN(C)C(=O)c1sc2nc([C@H]3CCCCN3S(=O)(=O)N(C)C)ccc2c1N. The number of pyridine rings is 1. The summed E-state index contributed by atoms with van der Waals surface area (Å²) in [5, 5.41) is 0.728. The lowest BCUT2D eigenvalue weighted by atomic mass is 10.0. The van der Waals surface area contributed by atoms with Crippen molar-refractivity contribution in [2.75, 3.05) is 40.5 Å². The molecule has 2 aromatic rings. The third-order valence-corrected chi connectivity index (χ3v) is 7.82. The molecule has 1 fully saturated rings. The number of hydrogen-bond acceptors (Lipinski definition) is 6. The minimum Gasteiger partial charge on any atom is -0.397 e. The van der Waals surface area contributed by atoms with Gasteiger partial charge in [0.25, 0.3) is 16.1 Å². The van der Waals surface area contributed by atoms with E-state index in [1.165, 1.54) is 38.9 Å². The van der Waals surface area contributed by atoms with E-state index in [4.69, 9.17) is 5.73 Å². The van der Waals surface area contributed by atoms with Gasteiger partial charge in [0.05, 0.1) is 17.4 Å². The largest absolute Gasteiger partial charge is 0.397 e. The molecule has 27 heavy (non-hydrogen) atoms. The first-order chi connectivity index (χ1) is 12.6. The molecule has 0 saturated carbocycles. The Morgan fingerprint density at radius 2 is 1.96 bits per heavy atom. The Balaban J connectivity index is 2.04. The van der Waals surface area contributed by atoms with Crippen LogP contribution in [0.1, 0.15) is 40.7 Å². The number of aromatic nitrogens is 1. The van der Waals surface area contributed by atoms with Gasteiger partial charge in [-0.15, -0.1) is 11.3 Å². The molecule has 0 unspecified atom stereocenters. The van der Waals surface area contributed by atoms with E-state index in [0.29, 0.717) is 27.6 Å². The summed E-state index contributed by atoms with van der Waals surface area (Å²) < 4.78 is 28.2. The summed E-state index contributed by atoms with van der Waals surface area (Å²) in [6, 6.07) is 3.35. The molecule has 2 aromatic heterocycles. The number of piperidine rings is 1. The average molecular weight is 412 g/mol. The van der Waals surface area contributed by atoms with Gasteiger partial charge >= 0.3 is 0 Å². The maximum Gasteiger partial charge on any atom is 0.282 e. The Kier molecular flexibility index (Phi) is 5.44. The van der Waals surface area contributed by atoms with Crippen LogP contribution < -0.4 is 5.73 Å². The second-order valence-electron chi connectivity index (χ2n) is 7.05. The minimum atomic E-state index is -3.53. The lowest BCUT2D eigenvalue weighted by Crippen LogP contribution is -2.44. The highest BCUT2D eigenvalue weighted by Crippen LogP contribution is 2.37. The van der Waals surface area contributed by atoms with Crippen LogP contribution in [-0.4, -0.2) is 67.6 Å². The van der Waals surface area contributed by atoms with E-state index < -0.39 is 10.2 Å². The fourth-order valence-corrected chi connectivity index (χ4v) is 5.68. The molecule has 1 aliphatic rings. The number of fused-ring (bicyclic) bond motifs is 1. The number of thiophene rings is 1. The van der Waals surface area contributed by atoms with Gasteiger partial charge < -0.3 is 10.6 Å². The molecule has 0 bridgehead atoms. The van der Waals surface area contributed by atoms with Crippen LogP contribution in [0.2, 0.25) is 0 Å². The molecule has 148 valence electrons. The first-order valence-electron chi connectivity index (χ1n) is 8.74. The zero-order chi connectivity index (χ0) is 19.9. The first kappa shape index (κ1) is 20.0. The average Bonchev–Trinajstić information content (AvgIpc) is 2.96. The Morgan fingerprint density at radius 3 is 2.59 bits per heavy atom. The molecule has 1 atom stereocenters. The van der Waals surface area contributed by atoms with Crippen LogP contribution in [0.25, 0.3) is 10.2 Å². The van der Waals surface area contributed by atoms with Crippen LogP contribution in [0.5, 0.6) is 0 Å². The molecule has 3 heterocycles. The lowest BCUT2D eigenvalue weighted by molar-refractivity contribution is 0.0833.